The van der Waals surface area contributed by atoms with Crippen molar-refractivity contribution in [1.29, 1.82) is 5.26 Å². The van der Waals surface area contributed by atoms with E-state index in [1.54, 1.807) is 13.8 Å². The maximum Gasteiger partial charge on any atom is 0.393 e. The van der Waals surface area contributed by atoms with Gasteiger partial charge in [-0.05, 0) is 126 Å². The number of likely N-dealkylation sites (N-methyl/N-ethyl adjacent to an activating group) is 8. The highest BCUT2D eigenvalue weighted by molar-refractivity contribution is 6.21. The zero-order chi connectivity index (χ0) is 77.0. The molecule has 5 unspecified atom stereocenters. The van der Waals surface area contributed by atoms with Gasteiger partial charge >= 0.3 is 6.18 Å². The standard InChI is InChI=1S/C74H119ClF3N13O12/c1-17-44(4)61-70(101)86(12)47(7)65(96)91-35-32-55(91)69(100)88(14)57(38-49-26-24-43(3)25-27-49)68(99)84(10)42-59(92)80-54(31-29-48-28-30-52(53(75)37-48)74(76,77)78)66(97)87(13)56(39-50-22-21-23-51(36-50)41-79)64(95)82-73(33-19-20-34-73)72(103)90(16)62(45(5)18-2)71(102)89(15)58(67(98)83(8)9)40-60(93)85(11)46(6)63(94)81-61/h43-58,61-62H,17-40,42H2,1-16H3,(H,80,92)(H,81,94)(H,82,95)/t43?,44-,45-,46-,47-,48?,49?,50?,51?,52?,53?,54-,55-,56-,57-,58-,61-,62-/m0/s1. The Kier molecular flexibility index (Phi) is 30.6. The van der Waals surface area contributed by atoms with Gasteiger partial charge in [-0.15, -0.1) is 11.6 Å². The first kappa shape index (κ1) is 85.1. The first-order valence-electron chi connectivity index (χ1n) is 37.6. The molecule has 0 bridgehead atoms. The van der Waals surface area contributed by atoms with Crippen molar-refractivity contribution in [3.8, 4) is 6.07 Å². The molecule has 2 heterocycles. The van der Waals surface area contributed by atoms with E-state index in [1.807, 2.05) is 13.8 Å². The predicted molar refractivity (Wildman–Crippen MR) is 381 cm³/mol. The molecule has 6 fully saturated rings. The number of nitrogens with zero attached hydrogens (tertiary/aromatic N) is 10. The van der Waals surface area contributed by atoms with E-state index >= 15 is 24.0 Å². The summed E-state index contributed by atoms with van der Waals surface area (Å²) >= 11 is 6.45. The maximum absolute atomic E-state index is 15.7. The number of rotatable bonds is 12. The van der Waals surface area contributed by atoms with E-state index in [4.69, 9.17) is 11.6 Å². The number of nitrogens with one attached hydrogen (secondary N) is 3. The van der Waals surface area contributed by atoms with Crippen LogP contribution in [0.3, 0.4) is 0 Å². The summed E-state index contributed by atoms with van der Waals surface area (Å²) in [6.45, 7) is 11.7. The van der Waals surface area contributed by atoms with Crippen LogP contribution in [0.25, 0.3) is 0 Å². The van der Waals surface area contributed by atoms with Crippen LogP contribution < -0.4 is 16.0 Å². The first-order chi connectivity index (χ1) is 48.2. The number of hydrogen-bond acceptors (Lipinski definition) is 13. The van der Waals surface area contributed by atoms with Crippen LogP contribution in [0.2, 0.25) is 0 Å². The molecule has 1 spiro atoms. The molecule has 6 aliphatic rings. The largest absolute Gasteiger partial charge is 0.393 e. The van der Waals surface area contributed by atoms with E-state index in [0.717, 1.165) is 40.4 Å². The van der Waals surface area contributed by atoms with Crippen molar-refractivity contribution in [2.24, 2.45) is 47.3 Å². The van der Waals surface area contributed by atoms with Crippen LogP contribution in [0, 0.1) is 58.7 Å². The molecule has 4 aliphatic carbocycles. The van der Waals surface area contributed by atoms with Crippen LogP contribution in [0.4, 0.5) is 13.2 Å². The third-order valence-corrected chi connectivity index (χ3v) is 24.8. The van der Waals surface area contributed by atoms with E-state index in [0.29, 0.717) is 57.3 Å². The number of carbonyl (C=O) groups excluding carboxylic acids is 12. The minimum atomic E-state index is -4.54. The highest BCUT2D eigenvalue weighted by atomic mass is 35.5. The molecule has 25 nitrogen and oxygen atoms in total. The number of halogens is 4. The van der Waals surface area contributed by atoms with Gasteiger partial charge in [0.2, 0.25) is 70.9 Å². The van der Waals surface area contributed by atoms with Crippen molar-refractivity contribution < 1.29 is 70.7 Å². The Bertz CT molecular complexity index is 3090. The maximum atomic E-state index is 15.7. The quantitative estimate of drug-likeness (QED) is 0.180. The molecule has 4 saturated carbocycles. The van der Waals surface area contributed by atoms with Gasteiger partial charge in [0.1, 0.15) is 59.9 Å². The van der Waals surface area contributed by atoms with Gasteiger partial charge < -0.3 is 60.0 Å². The molecule has 3 N–H and O–H groups in total. The van der Waals surface area contributed by atoms with Gasteiger partial charge in [0, 0.05) is 81.3 Å². The molecular formula is C74H119ClF3N13O12. The fraction of sp³-hybridized carbons (Fsp3) is 0.824. The molecule has 103 heavy (non-hydrogen) atoms. The van der Waals surface area contributed by atoms with E-state index < -0.39 is 179 Å². The van der Waals surface area contributed by atoms with Gasteiger partial charge in [0.05, 0.1) is 25.0 Å². The number of nitriles is 1. The van der Waals surface area contributed by atoms with Crippen molar-refractivity contribution in [3.05, 3.63) is 0 Å². The monoisotopic (exact) mass is 1470 g/mol. The zero-order valence-corrected chi connectivity index (χ0v) is 64.7. The van der Waals surface area contributed by atoms with Gasteiger partial charge in [-0.25, -0.2) is 0 Å². The van der Waals surface area contributed by atoms with E-state index in [1.165, 1.54) is 107 Å². The highest BCUT2D eigenvalue weighted by Crippen LogP contribution is 2.44. The van der Waals surface area contributed by atoms with Crippen molar-refractivity contribution in [2.75, 3.05) is 76.5 Å². The summed E-state index contributed by atoms with van der Waals surface area (Å²) in [6, 6.07) is -9.03. The molecular weight excluding hydrogens is 1360 g/mol. The van der Waals surface area contributed by atoms with Crippen LogP contribution in [0.15, 0.2) is 0 Å². The summed E-state index contributed by atoms with van der Waals surface area (Å²) in [5.41, 5.74) is -1.66. The van der Waals surface area contributed by atoms with E-state index in [9.17, 15) is 52.0 Å². The molecule has 6 rings (SSSR count). The zero-order valence-electron chi connectivity index (χ0n) is 64.0. The van der Waals surface area contributed by atoms with E-state index in [2.05, 4.69) is 28.9 Å². The first-order valence-corrected chi connectivity index (χ1v) is 38.1. The Hall–Kier alpha value is -6.79. The number of hydrogen-bond donors (Lipinski definition) is 3. The number of alkyl halides is 4. The third kappa shape index (κ3) is 20.6. The van der Waals surface area contributed by atoms with Crippen LogP contribution in [-0.2, 0) is 57.5 Å². The number of fused-ring (bicyclic) bond motifs is 1. The topological polar surface area (TPSA) is 294 Å². The third-order valence-electron chi connectivity index (χ3n) is 24.3. The van der Waals surface area contributed by atoms with Crippen LogP contribution >= 0.6 is 11.6 Å². The number of carbonyl (C=O) groups is 12. The molecule has 0 aromatic rings. The summed E-state index contributed by atoms with van der Waals surface area (Å²) in [5.74, 6) is -11.6. The molecule has 580 valence electrons. The van der Waals surface area contributed by atoms with Gasteiger partial charge in [0.25, 0.3) is 0 Å². The van der Waals surface area contributed by atoms with Crippen LogP contribution in [0.5, 0.6) is 0 Å². The fourth-order valence-electron chi connectivity index (χ4n) is 16.3. The lowest BCUT2D eigenvalue weighted by atomic mass is 9.78. The molecule has 29 heteroatoms. The van der Waals surface area contributed by atoms with Gasteiger partial charge in [-0.1, -0.05) is 98.8 Å². The van der Waals surface area contributed by atoms with Gasteiger partial charge in [-0.2, -0.15) is 18.4 Å². The normalized spacial score (nSPS) is 32.7. The summed E-state index contributed by atoms with van der Waals surface area (Å²) < 4.78 is 42.4. The fourth-order valence-corrected chi connectivity index (χ4v) is 16.9. The Balaban J connectivity index is 1.46. The molecule has 0 aromatic carbocycles. The average molecular weight is 1480 g/mol. The summed E-state index contributed by atoms with van der Waals surface area (Å²) in [4.78, 5) is 191. The average Bonchev–Trinajstić information content (AvgIpc) is 1.32. The lowest BCUT2D eigenvalue weighted by Gasteiger charge is -2.45. The second-order valence-corrected chi connectivity index (χ2v) is 32.1. The Morgan fingerprint density at radius 3 is 1.80 bits per heavy atom. The number of amides is 12. The molecule has 16 atom stereocenters. The lowest BCUT2D eigenvalue weighted by Crippen LogP contribution is -2.65. The van der Waals surface area contributed by atoms with Crippen molar-refractivity contribution in [1.82, 2.24) is 60.0 Å². The van der Waals surface area contributed by atoms with Crippen molar-refractivity contribution >= 4 is 82.5 Å². The minimum Gasteiger partial charge on any atom is -0.347 e. The van der Waals surface area contributed by atoms with Crippen LogP contribution in [0.1, 0.15) is 196 Å². The van der Waals surface area contributed by atoms with Crippen molar-refractivity contribution in [2.45, 2.75) is 268 Å². The molecule has 12 amide bonds. The summed E-state index contributed by atoms with van der Waals surface area (Å²) in [7, 11) is 12.8. The SMILES string of the molecule is CC[C@H](C)[C@@H]1NC(=O)[C@H](C)N(C)C(=O)C[C@@H](C(=O)N(C)C)N(C)C(=O)[C@H]([C@@H](C)CC)N(C)C(=O)C2(CCCC2)NC(=O)[C@H](CC2CCCC(C#N)C2)N(C)C(=O)[C@H](CCC2CCC(C(F)(F)F)C(Cl)C2)NC(=O)CN(C)C(=O)[C@H](CC2CCC(C)CC2)N(C)C(=O)[C@@H]2CCN2C(=O)[C@H](C)N(C)C1=O. The predicted octanol–water partition coefficient (Wildman–Crippen LogP) is 6.33. The highest BCUT2D eigenvalue weighted by Gasteiger charge is 2.52. The summed E-state index contributed by atoms with van der Waals surface area (Å²) in [5, 5.41) is 17.6. The Morgan fingerprint density at radius 2 is 1.23 bits per heavy atom. The molecule has 2 aliphatic heterocycles. The molecule has 0 radical (unpaired) electrons. The Labute approximate surface area is 613 Å². The van der Waals surface area contributed by atoms with Crippen molar-refractivity contribution in [3.63, 3.8) is 0 Å². The van der Waals surface area contributed by atoms with Gasteiger partial charge in [-0.3, -0.25) is 57.5 Å². The van der Waals surface area contributed by atoms with E-state index in [-0.39, 0.29) is 88.5 Å². The second kappa shape index (κ2) is 37.0. The Morgan fingerprint density at radius 1 is 0.631 bits per heavy atom. The second-order valence-electron chi connectivity index (χ2n) is 31.6. The minimum absolute atomic E-state index is 0.00228. The molecule has 0 aromatic heterocycles. The summed E-state index contributed by atoms with van der Waals surface area (Å²) in [6.07, 6.45) is 2.58. The van der Waals surface area contributed by atoms with Gasteiger partial charge in [0.15, 0.2) is 0 Å². The van der Waals surface area contributed by atoms with Crippen LogP contribution in [-0.4, -0.2) is 263 Å². The molecule has 2 saturated heterocycles. The smallest absolute Gasteiger partial charge is 0.347 e. The lowest BCUT2D eigenvalue weighted by molar-refractivity contribution is -0.182.